The van der Waals surface area contributed by atoms with Crippen LogP contribution in [0.1, 0.15) is 12.5 Å². The summed E-state index contributed by atoms with van der Waals surface area (Å²) in [7, 11) is 0. The van der Waals surface area contributed by atoms with Gasteiger partial charge in [-0.05, 0) is 83.3 Å². The molecule has 0 saturated carbocycles. The van der Waals surface area contributed by atoms with Gasteiger partial charge in [-0.25, -0.2) is 9.97 Å². The van der Waals surface area contributed by atoms with E-state index in [1.807, 2.05) is 49.4 Å². The summed E-state index contributed by atoms with van der Waals surface area (Å²) in [5.41, 5.74) is 18.9. The zero-order chi connectivity index (χ0) is 31.0. The molecular weight excluding hydrogens is 562 g/mol. The third-order valence-corrected chi connectivity index (χ3v) is 8.45. The number of pyridine rings is 4. The van der Waals surface area contributed by atoms with E-state index in [1.54, 1.807) is 12.4 Å². The van der Waals surface area contributed by atoms with Crippen LogP contribution in [-0.2, 0) is 0 Å². The second kappa shape index (κ2) is 11.4. The molecule has 218 valence electrons. The third kappa shape index (κ3) is 4.94. The highest BCUT2D eigenvalue weighted by Gasteiger charge is 2.12. The van der Waals surface area contributed by atoms with Crippen molar-refractivity contribution >= 4 is 44.5 Å². The second-order valence-corrected chi connectivity index (χ2v) is 11.3. The van der Waals surface area contributed by atoms with E-state index in [-0.39, 0.29) is 0 Å². The van der Waals surface area contributed by atoms with Gasteiger partial charge in [0.25, 0.3) is 0 Å². The molecule has 8 rings (SSSR count). The Morgan fingerprint density at radius 2 is 1.20 bits per heavy atom. The summed E-state index contributed by atoms with van der Waals surface area (Å²) in [5, 5.41) is 3.22. The largest absolute Gasteiger partial charge is 0.396 e. The summed E-state index contributed by atoms with van der Waals surface area (Å²) in [6.07, 6.45) is 7.62. The standard InChI is InChI=1S/C41H29N5/c1-2-6-32-23-34(33-7-5-22-44-41(33)40(32)42)27-11-9-26(10-12-27)30-15-13-28-17-19-35(45-38(28)24-30)31-16-14-29-18-20-37(46-39(29)25-31)36-8-3-4-21-43-36/h2-25H,42H2,1H3/b6-2-. The molecule has 0 aliphatic carbocycles. The molecule has 0 bridgehead atoms. The minimum Gasteiger partial charge on any atom is -0.396 e. The molecule has 2 N–H and O–H groups in total. The number of fused-ring (bicyclic) bond motifs is 3. The van der Waals surface area contributed by atoms with Gasteiger partial charge in [0.1, 0.15) is 0 Å². The van der Waals surface area contributed by atoms with Crippen molar-refractivity contribution in [3.05, 3.63) is 145 Å². The first-order chi connectivity index (χ1) is 22.6. The Morgan fingerprint density at radius 3 is 1.96 bits per heavy atom. The van der Waals surface area contributed by atoms with E-state index in [0.29, 0.717) is 5.69 Å². The first-order valence-electron chi connectivity index (χ1n) is 15.3. The number of rotatable bonds is 5. The van der Waals surface area contributed by atoms with Gasteiger partial charge in [-0.1, -0.05) is 84.9 Å². The molecule has 8 aromatic rings. The van der Waals surface area contributed by atoms with Crippen LogP contribution in [-0.4, -0.2) is 19.9 Å². The zero-order valence-corrected chi connectivity index (χ0v) is 25.2. The lowest BCUT2D eigenvalue weighted by atomic mass is 9.94. The molecule has 0 aliphatic heterocycles. The first-order valence-corrected chi connectivity index (χ1v) is 15.3. The number of aromatic nitrogens is 4. The lowest BCUT2D eigenvalue weighted by Gasteiger charge is -2.13. The van der Waals surface area contributed by atoms with Crippen molar-refractivity contribution in [1.29, 1.82) is 0 Å². The summed E-state index contributed by atoms with van der Waals surface area (Å²) in [6.45, 7) is 2.00. The number of benzene rings is 4. The summed E-state index contributed by atoms with van der Waals surface area (Å²) < 4.78 is 0. The monoisotopic (exact) mass is 591 g/mol. The fraction of sp³-hybridized carbons (Fsp3) is 0.0244. The van der Waals surface area contributed by atoms with Crippen molar-refractivity contribution in [2.45, 2.75) is 6.92 Å². The Morgan fingerprint density at radius 1 is 0.543 bits per heavy atom. The lowest BCUT2D eigenvalue weighted by Crippen LogP contribution is -1.95. The van der Waals surface area contributed by atoms with Gasteiger partial charge < -0.3 is 5.73 Å². The van der Waals surface area contributed by atoms with Crippen LogP contribution < -0.4 is 5.73 Å². The molecule has 4 aromatic heterocycles. The van der Waals surface area contributed by atoms with Crippen LogP contribution in [0.3, 0.4) is 0 Å². The van der Waals surface area contributed by atoms with E-state index >= 15 is 0 Å². The topological polar surface area (TPSA) is 77.6 Å². The predicted octanol–water partition coefficient (Wildman–Crippen LogP) is 10.0. The minimum absolute atomic E-state index is 0.700. The van der Waals surface area contributed by atoms with Crippen LogP contribution >= 0.6 is 0 Å². The van der Waals surface area contributed by atoms with Crippen LogP contribution in [0, 0.1) is 0 Å². The highest BCUT2D eigenvalue weighted by atomic mass is 14.8. The molecule has 0 radical (unpaired) electrons. The van der Waals surface area contributed by atoms with Crippen LogP contribution in [0.5, 0.6) is 0 Å². The Balaban J connectivity index is 1.14. The quantitative estimate of drug-likeness (QED) is 0.202. The Bertz CT molecular complexity index is 2430. The van der Waals surface area contributed by atoms with E-state index in [4.69, 9.17) is 15.7 Å². The number of allylic oxidation sites excluding steroid dienone is 1. The van der Waals surface area contributed by atoms with Crippen molar-refractivity contribution in [2.24, 2.45) is 0 Å². The SMILES string of the molecule is C/C=C\c1cc(-c2ccc(-c3ccc4ccc(-c5ccc6ccc(-c7ccccn7)nc6c5)nc4c3)cc2)c2cccnc2c1N. The number of anilines is 1. The Hall–Kier alpha value is -6.20. The van der Waals surface area contributed by atoms with Crippen LogP contribution in [0.15, 0.2) is 140 Å². The van der Waals surface area contributed by atoms with E-state index in [9.17, 15) is 0 Å². The summed E-state index contributed by atoms with van der Waals surface area (Å²) in [4.78, 5) is 19.1. The van der Waals surface area contributed by atoms with Crippen LogP contribution in [0.4, 0.5) is 5.69 Å². The van der Waals surface area contributed by atoms with Gasteiger partial charge in [-0.15, -0.1) is 0 Å². The first kappa shape index (κ1) is 27.4. The molecule has 4 aromatic carbocycles. The molecule has 0 fully saturated rings. The average Bonchev–Trinajstić information content (AvgIpc) is 3.12. The lowest BCUT2D eigenvalue weighted by molar-refractivity contribution is 1.28. The number of nitrogens with two attached hydrogens (primary N) is 1. The Kier molecular flexibility index (Phi) is 6.77. The van der Waals surface area contributed by atoms with Gasteiger partial charge in [0.05, 0.1) is 39.3 Å². The van der Waals surface area contributed by atoms with Crippen molar-refractivity contribution < 1.29 is 0 Å². The Labute approximate surface area is 266 Å². The molecule has 5 nitrogen and oxygen atoms in total. The van der Waals surface area contributed by atoms with Gasteiger partial charge in [0.2, 0.25) is 0 Å². The summed E-state index contributed by atoms with van der Waals surface area (Å²) in [5.74, 6) is 0. The van der Waals surface area contributed by atoms with E-state index in [2.05, 4.69) is 101 Å². The van der Waals surface area contributed by atoms with Crippen LogP contribution in [0.2, 0.25) is 0 Å². The molecule has 0 spiro atoms. The van der Waals surface area contributed by atoms with Crippen LogP contribution in [0.25, 0.3) is 83.7 Å². The number of nitrogens with zero attached hydrogens (tertiary/aromatic N) is 4. The van der Waals surface area contributed by atoms with Crippen molar-refractivity contribution in [2.75, 3.05) is 5.73 Å². The minimum atomic E-state index is 0.700. The number of hydrogen-bond acceptors (Lipinski definition) is 5. The van der Waals surface area contributed by atoms with Crippen molar-refractivity contribution in [1.82, 2.24) is 19.9 Å². The fourth-order valence-corrected chi connectivity index (χ4v) is 6.07. The molecule has 0 saturated heterocycles. The maximum absolute atomic E-state index is 6.47. The molecule has 0 atom stereocenters. The van der Waals surface area contributed by atoms with Crippen molar-refractivity contribution in [3.8, 4) is 44.9 Å². The van der Waals surface area contributed by atoms with E-state index < -0.39 is 0 Å². The van der Waals surface area contributed by atoms with E-state index in [0.717, 1.165) is 83.2 Å². The average molecular weight is 592 g/mol. The molecule has 5 heteroatoms. The van der Waals surface area contributed by atoms with Gasteiger partial charge in [-0.3, -0.25) is 9.97 Å². The number of nitrogen functional groups attached to an aromatic ring is 1. The van der Waals surface area contributed by atoms with E-state index in [1.165, 1.54) is 0 Å². The maximum Gasteiger partial charge on any atom is 0.0943 e. The smallest absolute Gasteiger partial charge is 0.0943 e. The molecule has 46 heavy (non-hydrogen) atoms. The fourth-order valence-electron chi connectivity index (χ4n) is 6.07. The number of hydrogen-bond donors (Lipinski definition) is 1. The second-order valence-electron chi connectivity index (χ2n) is 11.3. The molecule has 0 amide bonds. The molecule has 0 aliphatic rings. The van der Waals surface area contributed by atoms with Gasteiger partial charge >= 0.3 is 0 Å². The van der Waals surface area contributed by atoms with Crippen molar-refractivity contribution in [3.63, 3.8) is 0 Å². The summed E-state index contributed by atoms with van der Waals surface area (Å²) in [6, 6.07) is 41.8. The highest BCUT2D eigenvalue weighted by Crippen LogP contribution is 2.36. The highest BCUT2D eigenvalue weighted by molar-refractivity contribution is 6.03. The van der Waals surface area contributed by atoms with Gasteiger partial charge in [-0.2, -0.15) is 0 Å². The summed E-state index contributed by atoms with van der Waals surface area (Å²) >= 11 is 0. The predicted molar refractivity (Wildman–Crippen MR) is 191 cm³/mol. The third-order valence-electron chi connectivity index (χ3n) is 8.45. The molecule has 0 unspecified atom stereocenters. The normalized spacial score (nSPS) is 11.6. The zero-order valence-electron chi connectivity index (χ0n) is 25.2. The molecular formula is C41H29N5. The molecule has 4 heterocycles. The van der Waals surface area contributed by atoms with Gasteiger partial charge in [0, 0.05) is 34.1 Å². The van der Waals surface area contributed by atoms with Gasteiger partial charge in [0.15, 0.2) is 0 Å². The maximum atomic E-state index is 6.47.